The minimum absolute atomic E-state index is 0.137. The zero-order chi connectivity index (χ0) is 34.4. The number of hydrogen-bond acceptors (Lipinski definition) is 12. The Morgan fingerprint density at radius 1 is 0.479 bits per heavy atom. The Hall–Kier alpha value is -2.03. The average molecular weight is 688 g/mol. The van der Waals surface area contributed by atoms with E-state index in [0.29, 0.717) is 130 Å². The largest absolute Gasteiger partial charge is 0.489 e. The topological polar surface area (TPSA) is 135 Å². The van der Waals surface area contributed by atoms with Crippen LogP contribution < -0.4 is 10.5 Å². The summed E-state index contributed by atoms with van der Waals surface area (Å²) >= 11 is 0. The highest BCUT2D eigenvalue weighted by atomic mass is 16.6. The fourth-order valence-corrected chi connectivity index (χ4v) is 4.33. The first kappa shape index (κ1) is 44.0. The normalized spacial score (nSPS) is 11.3. The number of rotatable bonds is 38. The number of benzene rings is 1. The molecule has 0 spiro atoms. The molecule has 48 heavy (non-hydrogen) atoms. The molecule has 1 aromatic carbocycles. The second-order valence-corrected chi connectivity index (χ2v) is 11.1. The molecule has 0 aromatic heterocycles. The molecule has 0 saturated heterocycles. The number of carbonyl (C=O) groups is 1. The lowest BCUT2D eigenvalue weighted by atomic mass is 10.1. The van der Waals surface area contributed by atoms with Crippen LogP contribution in [0.3, 0.4) is 0 Å². The Bertz CT molecular complexity index is 818. The van der Waals surface area contributed by atoms with E-state index in [2.05, 4.69) is 6.92 Å². The van der Waals surface area contributed by atoms with Crippen LogP contribution in [0, 0.1) is 0 Å². The molecule has 0 bridgehead atoms. The maximum Gasteiger partial charge on any atom is 0.305 e. The number of para-hydroxylation sites is 2. The number of carbonyl (C=O) groups excluding carboxylic acids is 1. The van der Waals surface area contributed by atoms with Crippen molar-refractivity contribution in [2.24, 2.45) is 0 Å². The van der Waals surface area contributed by atoms with Crippen LogP contribution in [0.15, 0.2) is 24.3 Å². The number of ether oxygens (including phenoxy) is 10. The minimum atomic E-state index is -0.137. The standard InChI is InChI=1S/C36H65NO11/c1-2-3-4-5-6-7-8-9-10-15-36(38)48-33-31-46-29-27-44-25-23-42-21-19-40-17-16-39-18-20-41-22-24-43-26-28-45-30-32-47-35-14-12-11-13-34(35)37/h11-14H,2-10,15-33,37H2,1H3. The second kappa shape index (κ2) is 36.3. The average Bonchev–Trinajstić information content (AvgIpc) is 3.09. The summed E-state index contributed by atoms with van der Waals surface area (Å²) in [5, 5.41) is 0. The predicted molar refractivity (Wildman–Crippen MR) is 186 cm³/mol. The van der Waals surface area contributed by atoms with E-state index in [0.717, 1.165) is 12.8 Å². The van der Waals surface area contributed by atoms with Crippen LogP contribution in [0.25, 0.3) is 0 Å². The number of unbranched alkanes of at least 4 members (excludes halogenated alkanes) is 8. The second-order valence-electron chi connectivity index (χ2n) is 11.1. The molecule has 0 heterocycles. The first-order valence-electron chi connectivity index (χ1n) is 18.0. The molecule has 0 fully saturated rings. The van der Waals surface area contributed by atoms with E-state index in [-0.39, 0.29) is 12.6 Å². The lowest BCUT2D eigenvalue weighted by molar-refractivity contribution is -0.145. The molecule has 280 valence electrons. The summed E-state index contributed by atoms with van der Waals surface area (Å²) < 4.78 is 54.6. The molecular formula is C36H65NO11. The van der Waals surface area contributed by atoms with Gasteiger partial charge in [0.2, 0.25) is 0 Å². The van der Waals surface area contributed by atoms with E-state index < -0.39 is 0 Å². The fourth-order valence-electron chi connectivity index (χ4n) is 4.33. The van der Waals surface area contributed by atoms with Crippen LogP contribution in [0.4, 0.5) is 5.69 Å². The predicted octanol–water partition coefficient (Wildman–Crippen LogP) is 5.24. The van der Waals surface area contributed by atoms with Gasteiger partial charge in [0.15, 0.2) is 0 Å². The first-order chi connectivity index (χ1) is 23.7. The highest BCUT2D eigenvalue weighted by Crippen LogP contribution is 2.19. The SMILES string of the molecule is CCCCCCCCCCCC(=O)OCCOCCOCCOCCOCCOCCOCCOCCOCCOc1ccccc1N. The monoisotopic (exact) mass is 687 g/mol. The molecule has 0 unspecified atom stereocenters. The van der Waals surface area contributed by atoms with Gasteiger partial charge in [-0.1, -0.05) is 70.4 Å². The number of anilines is 1. The van der Waals surface area contributed by atoms with Crippen LogP contribution >= 0.6 is 0 Å². The summed E-state index contributed by atoms with van der Waals surface area (Å²) in [6.07, 6.45) is 11.6. The molecule has 0 aliphatic carbocycles. The third-order valence-electron chi connectivity index (χ3n) is 6.98. The van der Waals surface area contributed by atoms with Crippen molar-refractivity contribution in [3.05, 3.63) is 24.3 Å². The van der Waals surface area contributed by atoms with Crippen molar-refractivity contribution in [2.75, 3.05) is 125 Å². The van der Waals surface area contributed by atoms with Crippen molar-refractivity contribution >= 4 is 11.7 Å². The zero-order valence-electron chi connectivity index (χ0n) is 29.7. The fraction of sp³-hybridized carbons (Fsp3) is 0.806. The molecule has 1 aromatic rings. The quantitative estimate of drug-likeness (QED) is 0.0553. The van der Waals surface area contributed by atoms with E-state index in [9.17, 15) is 4.79 Å². The van der Waals surface area contributed by atoms with Crippen molar-refractivity contribution in [1.82, 2.24) is 0 Å². The van der Waals surface area contributed by atoms with Gasteiger partial charge < -0.3 is 53.1 Å². The third-order valence-corrected chi connectivity index (χ3v) is 6.98. The molecule has 1 rings (SSSR count). The molecule has 0 atom stereocenters. The Labute approximate surface area is 289 Å². The van der Waals surface area contributed by atoms with Crippen molar-refractivity contribution in [3.8, 4) is 5.75 Å². The highest BCUT2D eigenvalue weighted by molar-refractivity contribution is 5.69. The molecule has 0 amide bonds. The lowest BCUT2D eigenvalue weighted by Crippen LogP contribution is -2.15. The number of esters is 1. The molecule has 0 saturated carbocycles. The van der Waals surface area contributed by atoms with Crippen molar-refractivity contribution < 1.29 is 52.2 Å². The van der Waals surface area contributed by atoms with Crippen LogP contribution in [-0.2, 0) is 47.4 Å². The Morgan fingerprint density at radius 3 is 1.25 bits per heavy atom. The van der Waals surface area contributed by atoms with Gasteiger partial charge in [0.05, 0.1) is 111 Å². The zero-order valence-corrected chi connectivity index (χ0v) is 29.7. The molecule has 0 radical (unpaired) electrons. The van der Waals surface area contributed by atoms with Gasteiger partial charge in [-0.3, -0.25) is 4.79 Å². The highest BCUT2D eigenvalue weighted by Gasteiger charge is 2.03. The Kier molecular flexibility index (Phi) is 33.2. The Morgan fingerprint density at radius 2 is 0.833 bits per heavy atom. The van der Waals surface area contributed by atoms with Crippen molar-refractivity contribution in [2.45, 2.75) is 71.1 Å². The summed E-state index contributed by atoms with van der Waals surface area (Å²) in [6, 6.07) is 7.38. The van der Waals surface area contributed by atoms with Crippen molar-refractivity contribution in [1.29, 1.82) is 0 Å². The van der Waals surface area contributed by atoms with E-state index >= 15 is 0 Å². The van der Waals surface area contributed by atoms with Crippen LogP contribution in [0.2, 0.25) is 0 Å². The van der Waals surface area contributed by atoms with Gasteiger partial charge in [-0.2, -0.15) is 0 Å². The van der Waals surface area contributed by atoms with Crippen molar-refractivity contribution in [3.63, 3.8) is 0 Å². The summed E-state index contributed by atoms with van der Waals surface area (Å²) in [5.41, 5.74) is 6.44. The Balaban J connectivity index is 1.65. The molecular weight excluding hydrogens is 622 g/mol. The maximum atomic E-state index is 11.8. The lowest BCUT2D eigenvalue weighted by Gasteiger charge is -2.09. The first-order valence-corrected chi connectivity index (χ1v) is 18.0. The van der Waals surface area contributed by atoms with Gasteiger partial charge in [-0.15, -0.1) is 0 Å². The van der Waals surface area contributed by atoms with E-state index in [1.807, 2.05) is 18.2 Å². The van der Waals surface area contributed by atoms with E-state index in [1.165, 1.54) is 44.9 Å². The van der Waals surface area contributed by atoms with Crippen LogP contribution in [-0.4, -0.2) is 125 Å². The summed E-state index contributed by atoms with van der Waals surface area (Å²) in [7, 11) is 0. The van der Waals surface area contributed by atoms with Gasteiger partial charge in [-0.05, 0) is 18.6 Å². The molecule has 0 aliphatic rings. The van der Waals surface area contributed by atoms with Gasteiger partial charge >= 0.3 is 5.97 Å². The number of nitrogens with two attached hydrogens (primary N) is 1. The summed E-state index contributed by atoms with van der Waals surface area (Å²) in [6.45, 7) is 10.7. The molecule has 12 heteroatoms. The maximum absolute atomic E-state index is 11.8. The van der Waals surface area contributed by atoms with Gasteiger partial charge in [0.1, 0.15) is 19.0 Å². The smallest absolute Gasteiger partial charge is 0.305 e. The van der Waals surface area contributed by atoms with E-state index in [4.69, 9.17) is 53.1 Å². The van der Waals surface area contributed by atoms with Crippen LogP contribution in [0.1, 0.15) is 71.1 Å². The minimum Gasteiger partial charge on any atom is -0.489 e. The molecule has 12 nitrogen and oxygen atoms in total. The summed E-state index contributed by atoms with van der Waals surface area (Å²) in [5.74, 6) is 0.531. The number of hydrogen-bond donors (Lipinski definition) is 1. The van der Waals surface area contributed by atoms with Crippen LogP contribution in [0.5, 0.6) is 5.75 Å². The third kappa shape index (κ3) is 31.3. The molecule has 0 aliphatic heterocycles. The van der Waals surface area contributed by atoms with Gasteiger partial charge in [0.25, 0.3) is 0 Å². The van der Waals surface area contributed by atoms with Gasteiger partial charge in [0, 0.05) is 6.42 Å². The molecule has 2 N–H and O–H groups in total. The van der Waals surface area contributed by atoms with E-state index in [1.54, 1.807) is 6.07 Å². The summed E-state index contributed by atoms with van der Waals surface area (Å²) in [4.78, 5) is 11.8. The van der Waals surface area contributed by atoms with Gasteiger partial charge in [-0.25, -0.2) is 0 Å². The number of nitrogen functional groups attached to an aromatic ring is 1.